The van der Waals surface area contributed by atoms with E-state index in [0.29, 0.717) is 0 Å². The van der Waals surface area contributed by atoms with Gasteiger partial charge in [0.25, 0.3) is 0 Å². The molecule has 0 unspecified atom stereocenters. The highest BCUT2D eigenvalue weighted by molar-refractivity contribution is 7.89. The van der Waals surface area contributed by atoms with Gasteiger partial charge in [0, 0.05) is 16.1 Å². The molecule has 0 spiro atoms. The van der Waals surface area contributed by atoms with Crippen molar-refractivity contribution in [3.05, 3.63) is 28.2 Å². The summed E-state index contributed by atoms with van der Waals surface area (Å²) in [5.41, 5.74) is 0. The van der Waals surface area contributed by atoms with Gasteiger partial charge >= 0.3 is 0 Å². The topological polar surface area (TPSA) is 75.3 Å². The van der Waals surface area contributed by atoms with Crippen molar-refractivity contribution in [2.24, 2.45) is 0 Å². The summed E-state index contributed by atoms with van der Waals surface area (Å²) in [4.78, 5) is 11.8. The lowest BCUT2D eigenvalue weighted by Crippen LogP contribution is -2.42. The second-order valence-electron chi connectivity index (χ2n) is 5.33. The lowest BCUT2D eigenvalue weighted by molar-refractivity contribution is -0.120. The molecule has 0 atom stereocenters. The Kier molecular flexibility index (Phi) is 6.09. The van der Waals surface area contributed by atoms with E-state index in [-0.39, 0.29) is 33.4 Å². The van der Waals surface area contributed by atoms with Crippen LogP contribution in [0.15, 0.2) is 23.1 Å². The number of carbonyl (C=O) groups excluding carboxylic acids is 1. The minimum Gasteiger partial charge on any atom is -0.352 e. The first kappa shape index (κ1) is 17.5. The van der Waals surface area contributed by atoms with Gasteiger partial charge in [-0.15, -0.1) is 0 Å². The number of hydrogen-bond acceptors (Lipinski definition) is 3. The Balaban J connectivity index is 1.92. The van der Waals surface area contributed by atoms with Gasteiger partial charge in [-0.2, -0.15) is 0 Å². The molecule has 1 amide bonds. The van der Waals surface area contributed by atoms with Crippen LogP contribution in [0, 0.1) is 0 Å². The van der Waals surface area contributed by atoms with E-state index in [1.54, 1.807) is 0 Å². The zero-order valence-corrected chi connectivity index (χ0v) is 14.3. The highest BCUT2D eigenvalue weighted by Gasteiger charge is 2.19. The van der Waals surface area contributed by atoms with Crippen molar-refractivity contribution >= 4 is 39.1 Å². The Morgan fingerprint density at radius 2 is 1.68 bits per heavy atom. The highest BCUT2D eigenvalue weighted by Crippen LogP contribution is 2.22. The van der Waals surface area contributed by atoms with Gasteiger partial charge in [0.05, 0.1) is 11.4 Å². The first-order valence-electron chi connectivity index (χ1n) is 7.12. The van der Waals surface area contributed by atoms with Crippen LogP contribution in [-0.2, 0) is 14.8 Å². The molecule has 0 aliphatic heterocycles. The maximum atomic E-state index is 12.1. The third kappa shape index (κ3) is 5.12. The molecule has 8 heteroatoms. The minimum atomic E-state index is -3.82. The smallest absolute Gasteiger partial charge is 0.241 e. The fourth-order valence-corrected chi connectivity index (χ4v) is 4.16. The Hall–Kier alpha value is -0.820. The Bertz CT molecular complexity index is 623. The van der Waals surface area contributed by atoms with E-state index in [2.05, 4.69) is 10.0 Å². The van der Waals surface area contributed by atoms with Crippen LogP contribution in [0.2, 0.25) is 10.0 Å². The molecule has 22 heavy (non-hydrogen) atoms. The van der Waals surface area contributed by atoms with Crippen LogP contribution in [0.5, 0.6) is 0 Å². The summed E-state index contributed by atoms with van der Waals surface area (Å²) in [6, 6.07) is 4.16. The molecule has 1 aliphatic carbocycles. The van der Waals surface area contributed by atoms with Gasteiger partial charge < -0.3 is 5.32 Å². The van der Waals surface area contributed by atoms with Crippen LogP contribution in [0.1, 0.15) is 32.1 Å². The second-order valence-corrected chi connectivity index (χ2v) is 7.97. The lowest BCUT2D eigenvalue weighted by Gasteiger charge is -2.22. The van der Waals surface area contributed by atoms with E-state index in [4.69, 9.17) is 23.2 Å². The number of sulfonamides is 1. The second kappa shape index (κ2) is 7.64. The first-order valence-corrected chi connectivity index (χ1v) is 9.36. The van der Waals surface area contributed by atoms with Gasteiger partial charge in [-0.05, 0) is 31.0 Å². The van der Waals surface area contributed by atoms with Gasteiger partial charge in [0.1, 0.15) is 0 Å². The van der Waals surface area contributed by atoms with Crippen LogP contribution >= 0.6 is 23.2 Å². The molecule has 2 rings (SSSR count). The van der Waals surface area contributed by atoms with Crippen molar-refractivity contribution in [1.29, 1.82) is 0 Å². The number of carbonyl (C=O) groups is 1. The SMILES string of the molecule is O=C(CNS(=O)(=O)c1cc(Cl)cc(Cl)c1)NC1CCCCC1. The molecule has 0 bridgehead atoms. The fourth-order valence-electron chi connectivity index (χ4n) is 2.45. The molecule has 2 N–H and O–H groups in total. The maximum absolute atomic E-state index is 12.1. The van der Waals surface area contributed by atoms with Crippen molar-refractivity contribution in [1.82, 2.24) is 10.0 Å². The van der Waals surface area contributed by atoms with Crippen LogP contribution < -0.4 is 10.0 Å². The quantitative estimate of drug-likeness (QED) is 0.843. The first-order chi connectivity index (χ1) is 10.4. The number of halogens is 2. The average Bonchev–Trinajstić information content (AvgIpc) is 2.45. The van der Waals surface area contributed by atoms with Crippen LogP contribution in [0.25, 0.3) is 0 Å². The van der Waals surface area contributed by atoms with Crippen molar-refractivity contribution < 1.29 is 13.2 Å². The largest absolute Gasteiger partial charge is 0.352 e. The fraction of sp³-hybridized carbons (Fsp3) is 0.500. The third-order valence-corrected chi connectivity index (χ3v) is 5.36. The molecule has 0 aromatic heterocycles. The molecule has 0 heterocycles. The molecular formula is C14H18Cl2N2O3S. The Morgan fingerprint density at radius 1 is 1.09 bits per heavy atom. The number of rotatable bonds is 5. The molecule has 1 aliphatic rings. The summed E-state index contributed by atoms with van der Waals surface area (Å²) in [7, 11) is -3.82. The van der Waals surface area contributed by atoms with Gasteiger partial charge in [0.15, 0.2) is 0 Å². The lowest BCUT2D eigenvalue weighted by atomic mass is 9.95. The van der Waals surface area contributed by atoms with Crippen molar-refractivity contribution in [3.63, 3.8) is 0 Å². The highest BCUT2D eigenvalue weighted by atomic mass is 35.5. The summed E-state index contributed by atoms with van der Waals surface area (Å²) in [6.45, 7) is -0.303. The normalized spacial score (nSPS) is 16.5. The molecule has 1 fully saturated rings. The monoisotopic (exact) mass is 364 g/mol. The van der Waals surface area contributed by atoms with Crippen molar-refractivity contribution in [2.75, 3.05) is 6.54 Å². The number of benzene rings is 1. The zero-order chi connectivity index (χ0) is 16.2. The molecule has 0 saturated heterocycles. The van der Waals surface area contributed by atoms with Crippen molar-refractivity contribution in [3.8, 4) is 0 Å². The standard InChI is InChI=1S/C14H18Cl2N2O3S/c15-10-6-11(16)8-13(7-10)22(20,21)17-9-14(19)18-12-4-2-1-3-5-12/h6-8,12,17H,1-5,9H2,(H,18,19). The molecule has 122 valence electrons. The van der Waals surface area contributed by atoms with E-state index in [9.17, 15) is 13.2 Å². The van der Waals surface area contributed by atoms with E-state index >= 15 is 0 Å². The van der Waals surface area contributed by atoms with Gasteiger partial charge in [0.2, 0.25) is 15.9 Å². The predicted octanol–water partition coefficient (Wildman–Crippen LogP) is 2.72. The number of amides is 1. The molecule has 1 aromatic carbocycles. The number of nitrogens with one attached hydrogen (secondary N) is 2. The Morgan fingerprint density at radius 3 is 2.27 bits per heavy atom. The molecule has 1 saturated carbocycles. The van der Waals surface area contributed by atoms with E-state index < -0.39 is 10.0 Å². The molecule has 0 radical (unpaired) electrons. The summed E-state index contributed by atoms with van der Waals surface area (Å²) >= 11 is 11.6. The van der Waals surface area contributed by atoms with Crippen LogP contribution in [-0.4, -0.2) is 26.9 Å². The molecule has 1 aromatic rings. The maximum Gasteiger partial charge on any atom is 0.241 e. The van der Waals surface area contributed by atoms with Crippen LogP contribution in [0.3, 0.4) is 0 Å². The van der Waals surface area contributed by atoms with Gasteiger partial charge in [-0.25, -0.2) is 13.1 Å². The van der Waals surface area contributed by atoms with Crippen molar-refractivity contribution in [2.45, 2.75) is 43.0 Å². The molecule has 5 nitrogen and oxygen atoms in total. The third-order valence-electron chi connectivity index (χ3n) is 3.54. The Labute approximate surface area is 140 Å². The van der Waals surface area contributed by atoms with E-state index in [1.807, 2.05) is 0 Å². The summed E-state index contributed by atoms with van der Waals surface area (Å²) in [5.74, 6) is -0.330. The summed E-state index contributed by atoms with van der Waals surface area (Å²) in [5, 5.41) is 3.29. The average molecular weight is 365 g/mol. The van der Waals surface area contributed by atoms with Gasteiger partial charge in [-0.3, -0.25) is 4.79 Å². The zero-order valence-electron chi connectivity index (χ0n) is 11.9. The predicted molar refractivity (Wildman–Crippen MR) is 86.7 cm³/mol. The summed E-state index contributed by atoms with van der Waals surface area (Å²) < 4.78 is 26.5. The number of hydrogen-bond donors (Lipinski definition) is 2. The van der Waals surface area contributed by atoms with Crippen LogP contribution in [0.4, 0.5) is 0 Å². The minimum absolute atomic E-state index is 0.0598. The van der Waals surface area contributed by atoms with E-state index in [0.717, 1.165) is 25.7 Å². The van der Waals surface area contributed by atoms with E-state index in [1.165, 1.54) is 24.6 Å². The summed E-state index contributed by atoms with van der Waals surface area (Å²) in [6.07, 6.45) is 5.27. The molecular weight excluding hydrogens is 347 g/mol. The van der Waals surface area contributed by atoms with Gasteiger partial charge in [-0.1, -0.05) is 42.5 Å².